The molecule has 0 amide bonds. The van der Waals surface area contributed by atoms with Crippen LogP contribution >= 0.6 is 12.6 Å². The van der Waals surface area contributed by atoms with Crippen LogP contribution in [-0.4, -0.2) is 5.25 Å². The van der Waals surface area contributed by atoms with Crippen molar-refractivity contribution >= 4 is 12.6 Å². The van der Waals surface area contributed by atoms with E-state index in [0.717, 1.165) is 17.8 Å². The van der Waals surface area contributed by atoms with Crippen LogP contribution in [0.15, 0.2) is 0 Å². The standard InChI is InChI=1S/C13H26S/c1-4-13(14)11(3)9-12-7-5-6-10(2)8-12/h10-14H,4-9H2,1-3H3. The Hall–Kier alpha value is 0.350. The van der Waals surface area contributed by atoms with Crippen LogP contribution in [0.4, 0.5) is 0 Å². The predicted molar refractivity (Wildman–Crippen MR) is 68.0 cm³/mol. The van der Waals surface area contributed by atoms with Gasteiger partial charge in [0.05, 0.1) is 0 Å². The Morgan fingerprint density at radius 1 is 1.36 bits per heavy atom. The second-order valence-corrected chi connectivity index (χ2v) is 5.99. The van der Waals surface area contributed by atoms with Gasteiger partial charge in [-0.2, -0.15) is 12.6 Å². The third kappa shape index (κ3) is 3.84. The van der Waals surface area contributed by atoms with Gasteiger partial charge in [-0.15, -0.1) is 0 Å². The lowest BCUT2D eigenvalue weighted by atomic mass is 9.78. The highest BCUT2D eigenvalue weighted by molar-refractivity contribution is 7.81. The molecule has 0 aromatic carbocycles. The highest BCUT2D eigenvalue weighted by atomic mass is 32.1. The van der Waals surface area contributed by atoms with Gasteiger partial charge < -0.3 is 0 Å². The van der Waals surface area contributed by atoms with Crippen LogP contribution in [-0.2, 0) is 0 Å². The third-order valence-electron chi connectivity index (χ3n) is 3.83. The molecule has 1 saturated carbocycles. The molecule has 0 spiro atoms. The first-order valence-corrected chi connectivity index (χ1v) is 6.83. The first-order chi connectivity index (χ1) is 6.63. The quantitative estimate of drug-likeness (QED) is 0.652. The smallest absolute Gasteiger partial charge is 0.00399 e. The van der Waals surface area contributed by atoms with Gasteiger partial charge in [-0.1, -0.05) is 40.0 Å². The fourth-order valence-corrected chi connectivity index (χ4v) is 2.98. The molecule has 0 aliphatic heterocycles. The fraction of sp³-hybridized carbons (Fsp3) is 1.00. The summed E-state index contributed by atoms with van der Waals surface area (Å²) in [7, 11) is 0. The lowest BCUT2D eigenvalue weighted by Gasteiger charge is -2.30. The first-order valence-electron chi connectivity index (χ1n) is 6.31. The second kappa shape index (κ2) is 6.05. The Bertz CT molecular complexity index is 155. The summed E-state index contributed by atoms with van der Waals surface area (Å²) in [5, 5.41) is 0.618. The Balaban J connectivity index is 2.28. The zero-order valence-electron chi connectivity index (χ0n) is 10.00. The maximum atomic E-state index is 4.65. The SMILES string of the molecule is CCC(S)C(C)CC1CCCC(C)C1. The molecule has 4 unspecified atom stereocenters. The van der Waals surface area contributed by atoms with Crippen LogP contribution in [0, 0.1) is 17.8 Å². The maximum Gasteiger partial charge on any atom is 0.00399 e. The van der Waals surface area contributed by atoms with Crippen molar-refractivity contribution in [1.29, 1.82) is 0 Å². The van der Waals surface area contributed by atoms with Crippen LogP contribution in [0.1, 0.15) is 59.3 Å². The predicted octanol–water partition coefficient (Wildman–Crippen LogP) is 4.55. The molecule has 1 aliphatic rings. The average molecular weight is 214 g/mol. The van der Waals surface area contributed by atoms with E-state index in [-0.39, 0.29) is 0 Å². The van der Waals surface area contributed by atoms with Gasteiger partial charge >= 0.3 is 0 Å². The van der Waals surface area contributed by atoms with Crippen molar-refractivity contribution < 1.29 is 0 Å². The largest absolute Gasteiger partial charge is 0.176 e. The average Bonchev–Trinajstić information content (AvgIpc) is 2.16. The monoisotopic (exact) mass is 214 g/mol. The van der Waals surface area contributed by atoms with Gasteiger partial charge in [0.1, 0.15) is 0 Å². The van der Waals surface area contributed by atoms with E-state index in [1.165, 1.54) is 38.5 Å². The third-order valence-corrected chi connectivity index (χ3v) is 4.70. The van der Waals surface area contributed by atoms with E-state index in [4.69, 9.17) is 0 Å². The summed E-state index contributed by atoms with van der Waals surface area (Å²) in [6.07, 6.45) is 8.48. The lowest BCUT2D eigenvalue weighted by molar-refractivity contribution is 0.241. The van der Waals surface area contributed by atoms with Gasteiger partial charge in [-0.05, 0) is 37.0 Å². The van der Waals surface area contributed by atoms with Crippen molar-refractivity contribution in [2.75, 3.05) is 0 Å². The topological polar surface area (TPSA) is 0 Å². The van der Waals surface area contributed by atoms with Gasteiger partial charge in [-0.3, -0.25) is 0 Å². The summed E-state index contributed by atoms with van der Waals surface area (Å²) in [5.74, 6) is 2.77. The minimum atomic E-state index is 0.618. The summed E-state index contributed by atoms with van der Waals surface area (Å²) >= 11 is 4.65. The molecule has 0 saturated heterocycles. The minimum absolute atomic E-state index is 0.618. The lowest BCUT2D eigenvalue weighted by Crippen LogP contribution is -2.19. The van der Waals surface area contributed by atoms with Gasteiger partial charge in [0, 0.05) is 5.25 Å². The molecular formula is C13H26S. The summed E-state index contributed by atoms with van der Waals surface area (Å²) in [6.45, 7) is 7.03. The molecule has 4 atom stereocenters. The van der Waals surface area contributed by atoms with Crippen molar-refractivity contribution in [3.05, 3.63) is 0 Å². The molecule has 84 valence electrons. The highest BCUT2D eigenvalue weighted by Gasteiger charge is 2.22. The molecule has 0 aromatic heterocycles. The molecule has 1 rings (SSSR count). The molecule has 0 heterocycles. The van der Waals surface area contributed by atoms with E-state index in [1.807, 2.05) is 0 Å². The number of rotatable bonds is 4. The molecule has 1 heteroatoms. The van der Waals surface area contributed by atoms with Gasteiger partial charge in [-0.25, -0.2) is 0 Å². The Kier molecular flexibility index (Phi) is 5.36. The summed E-state index contributed by atoms with van der Waals surface area (Å²) in [6, 6.07) is 0. The van der Waals surface area contributed by atoms with E-state index in [0.29, 0.717) is 5.25 Å². The molecule has 14 heavy (non-hydrogen) atoms. The zero-order chi connectivity index (χ0) is 10.6. The van der Waals surface area contributed by atoms with E-state index >= 15 is 0 Å². The summed E-state index contributed by atoms with van der Waals surface area (Å²) < 4.78 is 0. The van der Waals surface area contributed by atoms with Crippen LogP contribution in [0.3, 0.4) is 0 Å². The summed E-state index contributed by atoms with van der Waals surface area (Å²) in [4.78, 5) is 0. The van der Waals surface area contributed by atoms with Crippen molar-refractivity contribution in [3.8, 4) is 0 Å². The summed E-state index contributed by atoms with van der Waals surface area (Å²) in [5.41, 5.74) is 0. The maximum absolute atomic E-state index is 4.65. The van der Waals surface area contributed by atoms with E-state index in [1.54, 1.807) is 0 Å². The molecule has 0 radical (unpaired) electrons. The zero-order valence-corrected chi connectivity index (χ0v) is 10.9. The fourth-order valence-electron chi connectivity index (χ4n) is 2.86. The van der Waals surface area contributed by atoms with Crippen molar-refractivity contribution in [1.82, 2.24) is 0 Å². The molecule has 0 nitrogen and oxygen atoms in total. The minimum Gasteiger partial charge on any atom is -0.176 e. The van der Waals surface area contributed by atoms with Crippen LogP contribution in [0.5, 0.6) is 0 Å². The van der Waals surface area contributed by atoms with Gasteiger partial charge in [0.2, 0.25) is 0 Å². The van der Waals surface area contributed by atoms with Crippen LogP contribution in [0.25, 0.3) is 0 Å². The van der Waals surface area contributed by atoms with E-state index < -0.39 is 0 Å². The van der Waals surface area contributed by atoms with Gasteiger partial charge in [0.15, 0.2) is 0 Å². The Labute approximate surface area is 95.3 Å². The molecule has 1 fully saturated rings. The normalized spacial score (nSPS) is 32.6. The Morgan fingerprint density at radius 3 is 2.64 bits per heavy atom. The van der Waals surface area contributed by atoms with E-state index in [9.17, 15) is 0 Å². The molecule has 0 aromatic rings. The number of hydrogen-bond acceptors (Lipinski definition) is 1. The first kappa shape index (κ1) is 12.4. The van der Waals surface area contributed by atoms with Crippen molar-refractivity contribution in [2.45, 2.75) is 64.5 Å². The molecule has 1 aliphatic carbocycles. The van der Waals surface area contributed by atoms with Crippen LogP contribution < -0.4 is 0 Å². The Morgan fingerprint density at radius 2 is 2.07 bits per heavy atom. The molecule has 0 N–H and O–H groups in total. The second-order valence-electron chi connectivity index (χ2n) is 5.33. The van der Waals surface area contributed by atoms with E-state index in [2.05, 4.69) is 33.4 Å². The van der Waals surface area contributed by atoms with Gasteiger partial charge in [0.25, 0.3) is 0 Å². The number of thiol groups is 1. The van der Waals surface area contributed by atoms with Crippen molar-refractivity contribution in [2.24, 2.45) is 17.8 Å². The van der Waals surface area contributed by atoms with Crippen LogP contribution in [0.2, 0.25) is 0 Å². The molecule has 0 bridgehead atoms. The molecular weight excluding hydrogens is 188 g/mol. The van der Waals surface area contributed by atoms with Crippen molar-refractivity contribution in [3.63, 3.8) is 0 Å². The number of hydrogen-bond donors (Lipinski definition) is 1. The highest BCUT2D eigenvalue weighted by Crippen LogP contribution is 2.34.